The first kappa shape index (κ1) is 23.4. The topological polar surface area (TPSA) is 66.2 Å². The molecule has 0 bridgehead atoms. The molecule has 0 spiro atoms. The molecule has 3 heterocycles. The largest absolute Gasteiger partial charge is 0.462 e. The van der Waals surface area contributed by atoms with Crippen LogP contribution in [0, 0.1) is 6.92 Å². The van der Waals surface area contributed by atoms with Crippen LogP contribution in [0.15, 0.2) is 41.3 Å². The third-order valence-corrected chi connectivity index (χ3v) is 7.86. The van der Waals surface area contributed by atoms with E-state index in [2.05, 4.69) is 25.1 Å². The van der Waals surface area contributed by atoms with Gasteiger partial charge in [-0.2, -0.15) is 0 Å². The van der Waals surface area contributed by atoms with Gasteiger partial charge < -0.3 is 14.2 Å². The van der Waals surface area contributed by atoms with Crippen molar-refractivity contribution in [1.82, 2.24) is 4.40 Å². The van der Waals surface area contributed by atoms with Gasteiger partial charge >= 0.3 is 5.97 Å². The van der Waals surface area contributed by atoms with Crippen LogP contribution in [-0.4, -0.2) is 29.9 Å². The Morgan fingerprint density at radius 3 is 2.69 bits per heavy atom. The van der Waals surface area contributed by atoms with Gasteiger partial charge in [-0.3, -0.25) is 9.20 Å². The molecular weight excluding hydrogens is 454 g/mol. The predicted molar refractivity (Wildman–Crippen MR) is 138 cm³/mol. The summed E-state index contributed by atoms with van der Waals surface area (Å²) in [6.45, 7) is 4.87. The first-order valence-electron chi connectivity index (χ1n) is 13.3. The van der Waals surface area contributed by atoms with Crippen molar-refractivity contribution in [2.24, 2.45) is 0 Å². The highest BCUT2D eigenvalue weighted by atomic mass is 16.7. The molecule has 6 heteroatoms. The van der Waals surface area contributed by atoms with Gasteiger partial charge in [0.1, 0.15) is 5.56 Å². The summed E-state index contributed by atoms with van der Waals surface area (Å²) in [5, 5.41) is 0. The van der Waals surface area contributed by atoms with Gasteiger partial charge in [0.25, 0.3) is 5.56 Å². The van der Waals surface area contributed by atoms with Crippen molar-refractivity contribution in [3.63, 3.8) is 0 Å². The van der Waals surface area contributed by atoms with Gasteiger partial charge in [-0.1, -0.05) is 18.2 Å². The normalized spacial score (nSPS) is 21.5. The Labute approximate surface area is 211 Å². The summed E-state index contributed by atoms with van der Waals surface area (Å²) in [5.74, 6) is -0.169. The maximum atomic E-state index is 13.2. The highest BCUT2D eigenvalue weighted by Crippen LogP contribution is 2.44. The zero-order valence-electron chi connectivity index (χ0n) is 21.0. The van der Waals surface area contributed by atoms with Crippen molar-refractivity contribution in [3.8, 4) is 11.1 Å². The number of benzene rings is 1. The minimum absolute atomic E-state index is 0.0873. The Balaban J connectivity index is 1.37. The third-order valence-electron chi connectivity index (χ3n) is 7.86. The smallest absolute Gasteiger partial charge is 0.343 e. The molecule has 0 radical (unpaired) electrons. The van der Waals surface area contributed by atoms with Crippen LogP contribution in [0.4, 0.5) is 0 Å². The van der Waals surface area contributed by atoms with Crippen LogP contribution in [-0.2, 0) is 20.6 Å². The summed E-state index contributed by atoms with van der Waals surface area (Å²) in [6, 6.07) is 10.4. The molecule has 1 aliphatic heterocycles. The van der Waals surface area contributed by atoms with Gasteiger partial charge in [-0.25, -0.2) is 4.79 Å². The summed E-state index contributed by atoms with van der Waals surface area (Å²) in [5.41, 5.74) is 7.70. The number of nitrogens with zero attached hydrogens (tertiary/aromatic N) is 1. The number of carbonyl (C=O) groups excluding carboxylic acids is 1. The molecule has 3 aromatic rings. The number of pyridine rings is 2. The number of aryl methyl sites for hydroxylation is 2. The molecule has 0 N–H and O–H groups in total. The van der Waals surface area contributed by atoms with Gasteiger partial charge in [-0.05, 0) is 110 Å². The minimum Gasteiger partial charge on any atom is -0.462 e. The van der Waals surface area contributed by atoms with Crippen molar-refractivity contribution in [3.05, 3.63) is 74.7 Å². The number of ether oxygens (including phenoxy) is 3. The first-order chi connectivity index (χ1) is 17.5. The van der Waals surface area contributed by atoms with E-state index in [4.69, 9.17) is 14.2 Å². The van der Waals surface area contributed by atoms with Crippen molar-refractivity contribution >= 4 is 11.5 Å². The molecule has 1 saturated carbocycles. The SMILES string of the molecule is CCOC(=O)c1cc(C2CC2)c2c(C)c(-c3ccc4c(c3)CCC4OC3CCCCO3)ccn2c1=O. The van der Waals surface area contributed by atoms with Gasteiger partial charge in [0.15, 0.2) is 6.29 Å². The molecule has 1 aromatic carbocycles. The number of aromatic nitrogens is 1. The van der Waals surface area contributed by atoms with Crippen molar-refractivity contribution in [2.75, 3.05) is 13.2 Å². The average Bonchev–Trinajstić information content (AvgIpc) is 3.66. The standard InChI is InChI=1S/C30H33NO5/c1-3-34-30(33)25-17-24(19-7-8-19)28-18(2)22(13-14-31(28)29(25)32)20-9-11-23-21(16-20)10-12-26(23)36-27-6-4-5-15-35-27/h9,11,13-14,16-17,19,26-27H,3-8,10,12,15H2,1-2H3. The molecule has 6 nitrogen and oxygen atoms in total. The maximum absolute atomic E-state index is 13.2. The van der Waals surface area contributed by atoms with Crippen LogP contribution in [0.25, 0.3) is 16.6 Å². The van der Waals surface area contributed by atoms with Crippen LogP contribution in [0.2, 0.25) is 0 Å². The number of fused-ring (bicyclic) bond motifs is 2. The second kappa shape index (κ2) is 9.49. The van der Waals surface area contributed by atoms with Gasteiger partial charge in [0.2, 0.25) is 0 Å². The van der Waals surface area contributed by atoms with Crippen LogP contribution < -0.4 is 5.56 Å². The van der Waals surface area contributed by atoms with Crippen LogP contribution >= 0.6 is 0 Å². The Hall–Kier alpha value is -2.96. The predicted octanol–water partition coefficient (Wildman–Crippen LogP) is 5.86. The quantitative estimate of drug-likeness (QED) is 0.408. The molecule has 2 aliphatic carbocycles. The van der Waals surface area contributed by atoms with Crippen molar-refractivity contribution < 1.29 is 19.0 Å². The molecule has 2 fully saturated rings. The van der Waals surface area contributed by atoms with E-state index in [1.54, 1.807) is 17.4 Å². The van der Waals surface area contributed by atoms with E-state index in [-0.39, 0.29) is 30.1 Å². The molecule has 0 amide bonds. The summed E-state index contributed by atoms with van der Waals surface area (Å²) in [6.07, 6.45) is 9.19. The minimum atomic E-state index is -0.547. The fourth-order valence-electron chi connectivity index (χ4n) is 5.86. The summed E-state index contributed by atoms with van der Waals surface area (Å²) in [4.78, 5) is 25.7. The summed E-state index contributed by atoms with van der Waals surface area (Å²) in [7, 11) is 0. The fourth-order valence-corrected chi connectivity index (χ4v) is 5.86. The first-order valence-corrected chi connectivity index (χ1v) is 13.3. The van der Waals surface area contributed by atoms with Crippen LogP contribution in [0.5, 0.6) is 0 Å². The van der Waals surface area contributed by atoms with Crippen molar-refractivity contribution in [2.45, 2.75) is 77.1 Å². The number of esters is 1. The second-order valence-electron chi connectivity index (χ2n) is 10.3. The molecule has 2 aromatic heterocycles. The highest BCUT2D eigenvalue weighted by Gasteiger charge is 2.31. The molecule has 36 heavy (non-hydrogen) atoms. The fraction of sp³-hybridized carbons (Fsp3) is 0.467. The van der Waals surface area contributed by atoms with E-state index < -0.39 is 5.97 Å². The number of hydrogen-bond acceptors (Lipinski definition) is 5. The Morgan fingerprint density at radius 2 is 1.94 bits per heavy atom. The van der Waals surface area contributed by atoms with Crippen LogP contribution in [0.1, 0.15) is 90.1 Å². The Bertz CT molecular complexity index is 1380. The molecule has 3 aliphatic rings. The van der Waals surface area contributed by atoms with E-state index in [1.807, 2.05) is 12.3 Å². The molecule has 188 valence electrons. The third kappa shape index (κ3) is 4.16. The van der Waals surface area contributed by atoms with Gasteiger partial charge in [0.05, 0.1) is 18.2 Å². The summed E-state index contributed by atoms with van der Waals surface area (Å²) >= 11 is 0. The number of rotatable bonds is 6. The van der Waals surface area contributed by atoms with Crippen molar-refractivity contribution in [1.29, 1.82) is 0 Å². The number of carbonyl (C=O) groups is 1. The monoisotopic (exact) mass is 487 g/mol. The van der Waals surface area contributed by atoms with Gasteiger partial charge in [-0.15, -0.1) is 0 Å². The number of hydrogen-bond donors (Lipinski definition) is 0. The highest BCUT2D eigenvalue weighted by molar-refractivity contribution is 5.91. The maximum Gasteiger partial charge on any atom is 0.343 e. The average molecular weight is 488 g/mol. The van der Waals surface area contributed by atoms with E-state index in [0.29, 0.717) is 5.92 Å². The molecule has 6 rings (SSSR count). The summed E-state index contributed by atoms with van der Waals surface area (Å²) < 4.78 is 18.9. The van der Waals surface area contributed by atoms with Gasteiger partial charge in [0, 0.05) is 12.8 Å². The second-order valence-corrected chi connectivity index (χ2v) is 10.3. The van der Waals surface area contributed by atoms with E-state index in [1.165, 1.54) is 11.1 Å². The lowest BCUT2D eigenvalue weighted by Crippen LogP contribution is -2.25. The molecule has 2 unspecified atom stereocenters. The lowest BCUT2D eigenvalue weighted by molar-refractivity contribution is -0.189. The Kier molecular flexibility index (Phi) is 6.18. The lowest BCUT2D eigenvalue weighted by Gasteiger charge is -2.26. The van der Waals surface area contributed by atoms with E-state index >= 15 is 0 Å². The molecule has 2 atom stereocenters. The lowest BCUT2D eigenvalue weighted by atomic mass is 9.94. The zero-order valence-corrected chi connectivity index (χ0v) is 21.0. The molecule has 1 saturated heterocycles. The van der Waals surface area contributed by atoms with E-state index in [9.17, 15) is 9.59 Å². The van der Waals surface area contributed by atoms with Crippen LogP contribution in [0.3, 0.4) is 0 Å². The Morgan fingerprint density at radius 1 is 1.08 bits per heavy atom. The zero-order chi connectivity index (χ0) is 24.8. The molecular formula is C30H33NO5. The van der Waals surface area contributed by atoms with E-state index in [0.717, 1.165) is 79.3 Å².